The highest BCUT2D eigenvalue weighted by molar-refractivity contribution is 5.73. The number of nitrogens with one attached hydrogen (secondary N) is 2. The predicted molar refractivity (Wildman–Crippen MR) is 83.9 cm³/mol. The fourth-order valence-electron chi connectivity index (χ4n) is 2.04. The van der Waals surface area contributed by atoms with Gasteiger partial charge in [0, 0.05) is 13.1 Å². The minimum absolute atomic E-state index is 0.110. The second kappa shape index (κ2) is 8.14. The lowest BCUT2D eigenvalue weighted by Crippen LogP contribution is -2.37. The van der Waals surface area contributed by atoms with Gasteiger partial charge in [0.15, 0.2) is 5.82 Å². The Hall–Kier alpha value is -2.61. The number of urea groups is 1. The van der Waals surface area contributed by atoms with E-state index < -0.39 is 6.10 Å². The summed E-state index contributed by atoms with van der Waals surface area (Å²) in [6, 6.07) is 6.66. The zero-order valence-electron chi connectivity index (χ0n) is 13.2. The Bertz CT molecular complexity index is 626. The van der Waals surface area contributed by atoms with Gasteiger partial charge in [-0.1, -0.05) is 12.1 Å². The van der Waals surface area contributed by atoms with Gasteiger partial charge in [-0.2, -0.15) is 0 Å². The molecule has 124 valence electrons. The Kier molecular flexibility index (Phi) is 5.93. The molecular weight excluding hydrogens is 298 g/mol. The summed E-state index contributed by atoms with van der Waals surface area (Å²) in [5.41, 5.74) is 0.705. The summed E-state index contributed by atoms with van der Waals surface area (Å²) in [4.78, 5) is 11.8. The van der Waals surface area contributed by atoms with Crippen LogP contribution in [0.15, 0.2) is 30.6 Å². The number of aryl methyl sites for hydroxylation is 1. The van der Waals surface area contributed by atoms with Gasteiger partial charge in [0.05, 0.1) is 19.8 Å². The number of methoxy groups -OCH3 is 1. The summed E-state index contributed by atoms with van der Waals surface area (Å²) in [5, 5.41) is 23.1. The first kappa shape index (κ1) is 16.8. The zero-order chi connectivity index (χ0) is 16.7. The van der Waals surface area contributed by atoms with Gasteiger partial charge < -0.3 is 25.0 Å². The number of carbonyl (C=O) groups is 1. The molecule has 0 bridgehead atoms. The molecule has 1 atom stereocenters. The topological polar surface area (TPSA) is 101 Å². The molecule has 3 N–H and O–H groups in total. The average Bonchev–Trinajstić information content (AvgIpc) is 3.05. The van der Waals surface area contributed by atoms with Gasteiger partial charge >= 0.3 is 6.03 Å². The highest BCUT2D eigenvalue weighted by atomic mass is 16.5. The average molecular weight is 319 g/mol. The highest BCUT2D eigenvalue weighted by Crippen LogP contribution is 2.16. The minimum atomic E-state index is -0.786. The first-order chi connectivity index (χ1) is 11.1. The standard InChI is InChI=1S/C15H21N5O3/c1-3-20-10-18-19-14(20)9-17-15(22)16-8-13(21)11-4-6-12(23-2)7-5-11/h4-7,10,13,21H,3,8-9H2,1-2H3,(H2,16,17,22)/t13-/m0/s1. The number of nitrogens with zero attached hydrogens (tertiary/aromatic N) is 3. The van der Waals surface area contributed by atoms with E-state index in [0.717, 1.165) is 6.54 Å². The molecule has 1 aromatic carbocycles. The third-order valence-electron chi connectivity index (χ3n) is 3.40. The molecule has 2 rings (SSSR count). The van der Waals surface area contributed by atoms with Gasteiger partial charge in [0.2, 0.25) is 0 Å². The van der Waals surface area contributed by atoms with Gasteiger partial charge in [-0.05, 0) is 24.6 Å². The van der Waals surface area contributed by atoms with Crippen molar-refractivity contribution in [3.8, 4) is 5.75 Å². The summed E-state index contributed by atoms with van der Waals surface area (Å²) >= 11 is 0. The molecule has 1 aromatic heterocycles. The maximum atomic E-state index is 11.8. The van der Waals surface area contributed by atoms with E-state index >= 15 is 0 Å². The Labute approximate surface area is 134 Å². The van der Waals surface area contributed by atoms with E-state index in [-0.39, 0.29) is 19.1 Å². The molecule has 0 aliphatic carbocycles. The lowest BCUT2D eigenvalue weighted by atomic mass is 10.1. The van der Waals surface area contributed by atoms with Crippen LogP contribution in [0, 0.1) is 0 Å². The summed E-state index contributed by atoms with van der Waals surface area (Å²) in [5.74, 6) is 1.39. The number of ether oxygens (including phenoxy) is 1. The monoisotopic (exact) mass is 319 g/mol. The lowest BCUT2D eigenvalue weighted by Gasteiger charge is -2.13. The Balaban J connectivity index is 1.77. The molecule has 23 heavy (non-hydrogen) atoms. The van der Waals surface area contributed by atoms with Gasteiger partial charge in [0.25, 0.3) is 0 Å². The molecule has 0 radical (unpaired) electrons. The van der Waals surface area contributed by atoms with E-state index in [2.05, 4.69) is 20.8 Å². The number of aliphatic hydroxyl groups excluding tert-OH is 1. The van der Waals surface area contributed by atoms with Crippen LogP contribution in [0.2, 0.25) is 0 Å². The number of amides is 2. The molecule has 0 saturated carbocycles. The zero-order valence-corrected chi connectivity index (χ0v) is 13.2. The lowest BCUT2D eigenvalue weighted by molar-refractivity contribution is 0.173. The first-order valence-electron chi connectivity index (χ1n) is 7.34. The molecule has 8 heteroatoms. The van der Waals surface area contributed by atoms with Crippen molar-refractivity contribution in [3.05, 3.63) is 42.0 Å². The maximum Gasteiger partial charge on any atom is 0.315 e. The smallest absolute Gasteiger partial charge is 0.315 e. The second-order valence-corrected chi connectivity index (χ2v) is 4.89. The van der Waals surface area contributed by atoms with E-state index in [1.165, 1.54) is 0 Å². The number of aliphatic hydroxyl groups is 1. The van der Waals surface area contributed by atoms with E-state index in [9.17, 15) is 9.90 Å². The van der Waals surface area contributed by atoms with Crippen LogP contribution in [0.3, 0.4) is 0 Å². The van der Waals surface area contributed by atoms with Crippen molar-refractivity contribution in [2.24, 2.45) is 0 Å². The third kappa shape index (κ3) is 4.68. The Morgan fingerprint density at radius 1 is 1.35 bits per heavy atom. The van der Waals surface area contributed by atoms with Gasteiger partial charge in [-0.15, -0.1) is 10.2 Å². The van der Waals surface area contributed by atoms with Crippen molar-refractivity contribution in [3.63, 3.8) is 0 Å². The maximum absolute atomic E-state index is 11.8. The number of hydrogen-bond donors (Lipinski definition) is 3. The molecule has 8 nitrogen and oxygen atoms in total. The first-order valence-corrected chi connectivity index (χ1v) is 7.34. The summed E-state index contributed by atoms with van der Waals surface area (Å²) in [6.45, 7) is 3.09. The highest BCUT2D eigenvalue weighted by Gasteiger charge is 2.10. The van der Waals surface area contributed by atoms with Crippen LogP contribution in [0.5, 0.6) is 5.75 Å². The normalized spacial score (nSPS) is 11.8. The third-order valence-corrected chi connectivity index (χ3v) is 3.40. The van der Waals surface area contributed by atoms with Crippen LogP contribution in [0.1, 0.15) is 24.4 Å². The quantitative estimate of drug-likeness (QED) is 0.702. The second-order valence-electron chi connectivity index (χ2n) is 4.89. The van der Waals surface area contributed by atoms with Crippen molar-refractivity contribution in [1.29, 1.82) is 0 Å². The molecule has 0 saturated heterocycles. The summed E-state index contributed by atoms with van der Waals surface area (Å²) in [6.07, 6.45) is 0.827. The van der Waals surface area contributed by atoms with Crippen LogP contribution in [0.4, 0.5) is 4.79 Å². The molecule has 0 aliphatic rings. The van der Waals surface area contributed by atoms with Crippen molar-refractivity contribution in [2.75, 3.05) is 13.7 Å². The van der Waals surface area contributed by atoms with Crippen LogP contribution >= 0.6 is 0 Å². The predicted octanol–water partition coefficient (Wildman–Crippen LogP) is 0.839. The molecular formula is C15H21N5O3. The number of rotatable bonds is 7. The van der Waals surface area contributed by atoms with Crippen LogP contribution < -0.4 is 15.4 Å². The Morgan fingerprint density at radius 3 is 2.74 bits per heavy atom. The van der Waals surface area contributed by atoms with E-state index in [1.807, 2.05) is 11.5 Å². The Morgan fingerprint density at radius 2 is 2.09 bits per heavy atom. The van der Waals surface area contributed by atoms with Crippen LogP contribution in [-0.2, 0) is 13.1 Å². The van der Waals surface area contributed by atoms with Crippen molar-refractivity contribution < 1.29 is 14.6 Å². The number of benzene rings is 1. The molecule has 1 heterocycles. The fraction of sp³-hybridized carbons (Fsp3) is 0.400. The molecule has 0 unspecified atom stereocenters. The summed E-state index contributed by atoms with van der Waals surface area (Å²) < 4.78 is 6.90. The van der Waals surface area contributed by atoms with Gasteiger partial charge in [-0.25, -0.2) is 4.79 Å². The molecule has 2 amide bonds. The van der Waals surface area contributed by atoms with Crippen molar-refractivity contribution >= 4 is 6.03 Å². The minimum Gasteiger partial charge on any atom is -0.497 e. The SMILES string of the molecule is CCn1cnnc1CNC(=O)NC[C@H](O)c1ccc(OC)cc1. The van der Waals surface area contributed by atoms with Crippen LogP contribution in [0.25, 0.3) is 0 Å². The van der Waals surface area contributed by atoms with Gasteiger partial charge in [0.1, 0.15) is 12.1 Å². The number of hydrogen-bond acceptors (Lipinski definition) is 5. The van der Waals surface area contributed by atoms with E-state index in [0.29, 0.717) is 17.1 Å². The largest absolute Gasteiger partial charge is 0.497 e. The summed E-state index contributed by atoms with van der Waals surface area (Å²) in [7, 11) is 1.58. The van der Waals surface area contributed by atoms with Crippen molar-refractivity contribution in [1.82, 2.24) is 25.4 Å². The molecule has 0 spiro atoms. The molecule has 0 aliphatic heterocycles. The van der Waals surface area contributed by atoms with Gasteiger partial charge in [-0.3, -0.25) is 0 Å². The number of carbonyl (C=O) groups excluding carboxylic acids is 1. The van der Waals surface area contributed by atoms with Crippen molar-refractivity contribution in [2.45, 2.75) is 26.1 Å². The molecule has 0 fully saturated rings. The fourth-order valence-corrected chi connectivity index (χ4v) is 2.04. The van der Waals surface area contributed by atoms with E-state index in [4.69, 9.17) is 4.74 Å². The number of aromatic nitrogens is 3. The molecule has 2 aromatic rings. The van der Waals surface area contributed by atoms with Crippen LogP contribution in [-0.4, -0.2) is 39.6 Å². The van der Waals surface area contributed by atoms with E-state index in [1.54, 1.807) is 37.7 Å².